The van der Waals surface area contributed by atoms with E-state index in [9.17, 15) is 4.79 Å². The number of rotatable bonds is 4. The van der Waals surface area contributed by atoms with E-state index in [1.165, 1.54) is 19.3 Å². The molecule has 104 valence electrons. The Labute approximate surface area is 110 Å². The van der Waals surface area contributed by atoms with Crippen LogP contribution in [0.15, 0.2) is 0 Å². The second-order valence-corrected chi connectivity index (χ2v) is 5.76. The molecule has 2 aliphatic rings. The van der Waals surface area contributed by atoms with Gasteiger partial charge in [0.1, 0.15) is 5.60 Å². The summed E-state index contributed by atoms with van der Waals surface area (Å²) < 4.78 is 5.69. The zero-order valence-corrected chi connectivity index (χ0v) is 11.5. The molecule has 0 bridgehead atoms. The maximum Gasteiger partial charge on any atom is 0.254 e. The average Bonchev–Trinajstić information content (AvgIpc) is 2.84. The average molecular weight is 254 g/mol. The Morgan fingerprint density at radius 3 is 2.61 bits per heavy atom. The van der Waals surface area contributed by atoms with Crippen LogP contribution in [0.3, 0.4) is 0 Å². The Hall–Kier alpha value is -0.610. The lowest BCUT2D eigenvalue weighted by molar-refractivity contribution is -0.154. The number of hydrogen-bond acceptors (Lipinski definition) is 3. The molecule has 1 heterocycles. The fourth-order valence-electron chi connectivity index (χ4n) is 3.23. The first-order valence-corrected chi connectivity index (χ1v) is 7.32. The third-order valence-electron chi connectivity index (χ3n) is 4.32. The topological polar surface area (TPSA) is 55.6 Å². The lowest BCUT2D eigenvalue weighted by Crippen LogP contribution is -2.53. The van der Waals surface area contributed by atoms with Crippen molar-refractivity contribution in [3.8, 4) is 0 Å². The van der Waals surface area contributed by atoms with Crippen molar-refractivity contribution in [3.63, 3.8) is 0 Å². The monoisotopic (exact) mass is 254 g/mol. The van der Waals surface area contributed by atoms with Crippen molar-refractivity contribution < 1.29 is 9.53 Å². The highest BCUT2D eigenvalue weighted by molar-refractivity contribution is 5.85. The van der Waals surface area contributed by atoms with Gasteiger partial charge in [-0.25, -0.2) is 0 Å². The van der Waals surface area contributed by atoms with Crippen LogP contribution in [0.4, 0.5) is 0 Å². The van der Waals surface area contributed by atoms with Gasteiger partial charge in [-0.1, -0.05) is 19.3 Å². The predicted molar refractivity (Wildman–Crippen MR) is 71.2 cm³/mol. The van der Waals surface area contributed by atoms with Crippen LogP contribution < -0.4 is 5.73 Å². The molecule has 1 aliphatic heterocycles. The summed E-state index contributed by atoms with van der Waals surface area (Å²) in [6, 6.07) is 0.385. The van der Waals surface area contributed by atoms with Crippen LogP contribution in [0.5, 0.6) is 0 Å². The Morgan fingerprint density at radius 2 is 2.06 bits per heavy atom. The molecule has 1 saturated carbocycles. The quantitative estimate of drug-likeness (QED) is 0.830. The number of carbonyl (C=O) groups excluding carboxylic acids is 1. The van der Waals surface area contributed by atoms with Crippen LogP contribution in [0.1, 0.15) is 51.9 Å². The molecule has 2 rings (SSSR count). The summed E-state index contributed by atoms with van der Waals surface area (Å²) in [5, 5.41) is 0. The second-order valence-electron chi connectivity index (χ2n) is 5.76. The van der Waals surface area contributed by atoms with Gasteiger partial charge in [-0.2, -0.15) is 0 Å². The van der Waals surface area contributed by atoms with Gasteiger partial charge in [0.2, 0.25) is 0 Å². The minimum absolute atomic E-state index is 0.164. The molecule has 2 fully saturated rings. The zero-order valence-electron chi connectivity index (χ0n) is 11.5. The lowest BCUT2D eigenvalue weighted by Gasteiger charge is -2.38. The van der Waals surface area contributed by atoms with Crippen molar-refractivity contribution in [3.05, 3.63) is 0 Å². The van der Waals surface area contributed by atoms with Gasteiger partial charge in [0, 0.05) is 25.7 Å². The van der Waals surface area contributed by atoms with Crippen LogP contribution in [0.25, 0.3) is 0 Å². The summed E-state index contributed by atoms with van der Waals surface area (Å²) in [4.78, 5) is 14.7. The molecule has 4 heteroatoms. The van der Waals surface area contributed by atoms with Crippen molar-refractivity contribution in [2.45, 2.75) is 63.5 Å². The van der Waals surface area contributed by atoms with E-state index in [-0.39, 0.29) is 5.91 Å². The van der Waals surface area contributed by atoms with E-state index in [1.54, 1.807) is 0 Å². The number of nitrogens with zero attached hydrogens (tertiary/aromatic N) is 1. The van der Waals surface area contributed by atoms with Crippen molar-refractivity contribution in [1.82, 2.24) is 4.90 Å². The van der Waals surface area contributed by atoms with Gasteiger partial charge in [0.25, 0.3) is 5.91 Å². The number of carbonyl (C=O) groups is 1. The second kappa shape index (κ2) is 6.02. The largest absolute Gasteiger partial charge is 0.365 e. The Kier molecular flexibility index (Phi) is 4.62. The van der Waals surface area contributed by atoms with Gasteiger partial charge in [0.15, 0.2) is 0 Å². The van der Waals surface area contributed by atoms with Crippen molar-refractivity contribution in [2.24, 2.45) is 5.73 Å². The predicted octanol–water partition coefficient (Wildman–Crippen LogP) is 1.68. The Morgan fingerprint density at radius 1 is 1.33 bits per heavy atom. The van der Waals surface area contributed by atoms with Gasteiger partial charge in [-0.3, -0.25) is 4.79 Å². The molecule has 0 aromatic rings. The molecule has 0 aromatic heterocycles. The molecule has 1 saturated heterocycles. The molecule has 18 heavy (non-hydrogen) atoms. The SMILES string of the molecule is CC1(C(=O)N(CCN)C2CCCCC2)CCCO1. The van der Waals surface area contributed by atoms with E-state index in [2.05, 4.69) is 0 Å². The first kappa shape index (κ1) is 13.8. The third-order valence-corrected chi connectivity index (χ3v) is 4.32. The number of ether oxygens (including phenoxy) is 1. The van der Waals surface area contributed by atoms with Crippen molar-refractivity contribution >= 4 is 5.91 Å². The fraction of sp³-hybridized carbons (Fsp3) is 0.929. The first-order chi connectivity index (χ1) is 8.67. The summed E-state index contributed by atoms with van der Waals surface area (Å²) in [7, 11) is 0. The van der Waals surface area contributed by atoms with Gasteiger partial charge in [-0.05, 0) is 32.6 Å². The van der Waals surface area contributed by atoms with E-state index < -0.39 is 5.60 Å². The molecule has 0 radical (unpaired) electrons. The molecule has 0 spiro atoms. The maximum atomic E-state index is 12.7. The van der Waals surface area contributed by atoms with E-state index in [1.807, 2.05) is 11.8 Å². The summed E-state index contributed by atoms with van der Waals surface area (Å²) in [6.07, 6.45) is 7.86. The highest BCUT2D eigenvalue weighted by atomic mass is 16.5. The minimum atomic E-state index is -0.591. The molecule has 0 aromatic carbocycles. The normalized spacial score (nSPS) is 29.4. The highest BCUT2D eigenvalue weighted by Gasteiger charge is 2.42. The van der Waals surface area contributed by atoms with Crippen LogP contribution in [0, 0.1) is 0 Å². The van der Waals surface area contributed by atoms with Gasteiger partial charge in [-0.15, -0.1) is 0 Å². The van der Waals surface area contributed by atoms with Crippen LogP contribution in [-0.2, 0) is 9.53 Å². The van der Waals surface area contributed by atoms with Gasteiger partial charge < -0.3 is 15.4 Å². The Balaban J connectivity index is 2.05. The summed E-state index contributed by atoms with van der Waals surface area (Å²) in [6.45, 7) is 3.86. The number of nitrogens with two attached hydrogens (primary N) is 1. The first-order valence-electron chi connectivity index (χ1n) is 7.32. The summed E-state index contributed by atoms with van der Waals surface area (Å²) >= 11 is 0. The summed E-state index contributed by atoms with van der Waals surface area (Å²) in [5.41, 5.74) is 5.09. The van der Waals surface area contributed by atoms with Crippen LogP contribution in [-0.4, -0.2) is 42.1 Å². The fourth-order valence-corrected chi connectivity index (χ4v) is 3.23. The van der Waals surface area contributed by atoms with Crippen molar-refractivity contribution in [2.75, 3.05) is 19.7 Å². The van der Waals surface area contributed by atoms with Gasteiger partial charge in [0.05, 0.1) is 0 Å². The molecule has 4 nitrogen and oxygen atoms in total. The zero-order chi connectivity index (χ0) is 13.0. The molecular formula is C14H26N2O2. The number of hydrogen-bond donors (Lipinski definition) is 1. The standard InChI is InChI=1S/C14H26N2O2/c1-14(8-5-11-18-14)13(17)16(10-9-15)12-6-3-2-4-7-12/h12H,2-11,15H2,1H3. The summed E-state index contributed by atoms with van der Waals surface area (Å²) in [5.74, 6) is 0.164. The molecule has 1 unspecified atom stereocenters. The minimum Gasteiger partial charge on any atom is -0.365 e. The molecule has 1 atom stereocenters. The molecule has 1 amide bonds. The van der Waals surface area contributed by atoms with E-state index >= 15 is 0 Å². The van der Waals surface area contributed by atoms with Crippen LogP contribution in [0.2, 0.25) is 0 Å². The third kappa shape index (κ3) is 2.86. The highest BCUT2D eigenvalue weighted by Crippen LogP contribution is 2.30. The molecule has 2 N–H and O–H groups in total. The van der Waals surface area contributed by atoms with Crippen molar-refractivity contribution in [1.29, 1.82) is 0 Å². The number of amides is 1. The van der Waals surface area contributed by atoms with Gasteiger partial charge >= 0.3 is 0 Å². The van der Waals surface area contributed by atoms with Crippen LogP contribution >= 0.6 is 0 Å². The van der Waals surface area contributed by atoms with E-state index in [4.69, 9.17) is 10.5 Å². The lowest BCUT2D eigenvalue weighted by atomic mass is 9.92. The molecular weight excluding hydrogens is 228 g/mol. The van der Waals surface area contributed by atoms with E-state index in [0.29, 0.717) is 25.7 Å². The maximum absolute atomic E-state index is 12.7. The smallest absolute Gasteiger partial charge is 0.254 e. The Bertz CT molecular complexity index is 282. The van der Waals surface area contributed by atoms with E-state index in [0.717, 1.165) is 25.7 Å². The molecule has 1 aliphatic carbocycles.